The average molecular weight is 250 g/mol. The van der Waals surface area contributed by atoms with Gasteiger partial charge in [0.1, 0.15) is 0 Å². The highest BCUT2D eigenvalue weighted by atomic mass is 16.3. The van der Waals surface area contributed by atoms with Crippen molar-refractivity contribution in [2.75, 3.05) is 19.6 Å². The molecule has 0 spiro atoms. The van der Waals surface area contributed by atoms with Gasteiger partial charge in [-0.25, -0.2) is 0 Å². The molecule has 2 heterocycles. The number of aromatic nitrogens is 1. The Morgan fingerprint density at radius 3 is 2.89 bits per heavy atom. The van der Waals surface area contributed by atoms with Gasteiger partial charge < -0.3 is 14.6 Å². The number of hydrogen-bond acceptors (Lipinski definition) is 3. The van der Waals surface area contributed by atoms with Gasteiger partial charge in [-0.3, -0.25) is 4.79 Å². The lowest BCUT2D eigenvalue weighted by Gasteiger charge is -2.22. The zero-order valence-electron chi connectivity index (χ0n) is 11.0. The minimum absolute atomic E-state index is 0.0549. The summed E-state index contributed by atoms with van der Waals surface area (Å²) in [6, 6.07) is 5.24. The SMILES string of the molecule is CC1(O)CCCN(CCn2ccccc2=O)CC1. The van der Waals surface area contributed by atoms with Crippen LogP contribution in [-0.4, -0.2) is 39.8 Å². The second-order valence-electron chi connectivity index (χ2n) is 5.42. The van der Waals surface area contributed by atoms with Gasteiger partial charge in [-0.15, -0.1) is 0 Å². The smallest absolute Gasteiger partial charge is 0.250 e. The molecular formula is C14H22N2O2. The molecule has 0 aliphatic carbocycles. The highest BCUT2D eigenvalue weighted by molar-refractivity contribution is 4.93. The summed E-state index contributed by atoms with van der Waals surface area (Å²) in [5.74, 6) is 0. The molecule has 1 saturated heterocycles. The second-order valence-corrected chi connectivity index (χ2v) is 5.42. The van der Waals surface area contributed by atoms with E-state index in [2.05, 4.69) is 4.90 Å². The van der Waals surface area contributed by atoms with Crippen molar-refractivity contribution < 1.29 is 5.11 Å². The van der Waals surface area contributed by atoms with Gasteiger partial charge in [0.25, 0.3) is 5.56 Å². The third-order valence-electron chi connectivity index (χ3n) is 3.71. The van der Waals surface area contributed by atoms with Crippen LogP contribution in [0.15, 0.2) is 29.2 Å². The lowest BCUT2D eigenvalue weighted by Crippen LogP contribution is -2.32. The number of aliphatic hydroxyl groups is 1. The standard InChI is InChI=1S/C14H22N2O2/c1-14(18)6-4-8-15(10-7-14)11-12-16-9-3-2-5-13(16)17/h2-3,5,9,18H,4,6-8,10-12H2,1H3. The molecule has 1 aromatic heterocycles. The van der Waals surface area contributed by atoms with E-state index < -0.39 is 5.60 Å². The van der Waals surface area contributed by atoms with Gasteiger partial charge in [0.2, 0.25) is 0 Å². The van der Waals surface area contributed by atoms with Crippen LogP contribution < -0.4 is 5.56 Å². The Morgan fingerprint density at radius 2 is 2.11 bits per heavy atom. The number of nitrogens with zero attached hydrogens (tertiary/aromatic N) is 2. The Hall–Kier alpha value is -1.13. The van der Waals surface area contributed by atoms with E-state index in [0.29, 0.717) is 0 Å². The van der Waals surface area contributed by atoms with Crippen molar-refractivity contribution in [3.05, 3.63) is 34.7 Å². The van der Waals surface area contributed by atoms with Crippen LogP contribution >= 0.6 is 0 Å². The van der Waals surface area contributed by atoms with Crippen molar-refractivity contribution in [1.82, 2.24) is 9.47 Å². The largest absolute Gasteiger partial charge is 0.390 e. The first-order valence-electron chi connectivity index (χ1n) is 6.67. The molecule has 1 aliphatic rings. The Labute approximate surface area is 108 Å². The summed E-state index contributed by atoms with van der Waals surface area (Å²) in [4.78, 5) is 13.9. The Morgan fingerprint density at radius 1 is 1.28 bits per heavy atom. The molecule has 2 rings (SSSR count). The molecule has 100 valence electrons. The van der Waals surface area contributed by atoms with Crippen LogP contribution in [0.1, 0.15) is 26.2 Å². The van der Waals surface area contributed by atoms with E-state index >= 15 is 0 Å². The number of pyridine rings is 1. The maximum atomic E-state index is 11.6. The van der Waals surface area contributed by atoms with Crippen LogP contribution in [0.5, 0.6) is 0 Å². The highest BCUT2D eigenvalue weighted by Crippen LogP contribution is 2.21. The minimum Gasteiger partial charge on any atom is -0.390 e. The van der Waals surface area contributed by atoms with Crippen molar-refractivity contribution >= 4 is 0 Å². The van der Waals surface area contributed by atoms with Gasteiger partial charge in [0, 0.05) is 31.9 Å². The van der Waals surface area contributed by atoms with Crippen molar-refractivity contribution in [2.45, 2.75) is 38.3 Å². The molecule has 1 fully saturated rings. The quantitative estimate of drug-likeness (QED) is 0.873. The third-order valence-corrected chi connectivity index (χ3v) is 3.71. The second kappa shape index (κ2) is 5.67. The van der Waals surface area contributed by atoms with Gasteiger partial charge in [0.15, 0.2) is 0 Å². The van der Waals surface area contributed by atoms with Gasteiger partial charge in [-0.05, 0) is 38.8 Å². The van der Waals surface area contributed by atoms with Crippen LogP contribution in [0, 0.1) is 0 Å². The summed E-state index contributed by atoms with van der Waals surface area (Å²) in [7, 11) is 0. The molecule has 1 atom stereocenters. The van der Waals surface area contributed by atoms with E-state index in [0.717, 1.165) is 45.4 Å². The molecule has 18 heavy (non-hydrogen) atoms. The first-order chi connectivity index (χ1) is 8.57. The summed E-state index contributed by atoms with van der Waals surface area (Å²) in [5, 5.41) is 10.0. The van der Waals surface area contributed by atoms with E-state index in [1.807, 2.05) is 19.2 Å². The molecule has 0 saturated carbocycles. The molecule has 1 aromatic rings. The maximum Gasteiger partial charge on any atom is 0.250 e. The summed E-state index contributed by atoms with van der Waals surface area (Å²) >= 11 is 0. The molecule has 0 aromatic carbocycles. The summed E-state index contributed by atoms with van der Waals surface area (Å²) in [5.41, 5.74) is -0.461. The van der Waals surface area contributed by atoms with E-state index in [9.17, 15) is 9.90 Å². The van der Waals surface area contributed by atoms with Crippen molar-refractivity contribution in [2.24, 2.45) is 0 Å². The number of likely N-dealkylation sites (tertiary alicyclic amines) is 1. The lowest BCUT2D eigenvalue weighted by atomic mass is 9.98. The number of rotatable bonds is 3. The van der Waals surface area contributed by atoms with E-state index in [1.54, 1.807) is 16.7 Å². The van der Waals surface area contributed by atoms with Crippen LogP contribution in [0.2, 0.25) is 0 Å². The predicted octanol–water partition coefficient (Wildman–Crippen LogP) is 1.09. The van der Waals surface area contributed by atoms with Gasteiger partial charge in [-0.2, -0.15) is 0 Å². The van der Waals surface area contributed by atoms with Crippen LogP contribution in [0.4, 0.5) is 0 Å². The van der Waals surface area contributed by atoms with Gasteiger partial charge >= 0.3 is 0 Å². The normalized spacial score (nSPS) is 25.9. The summed E-state index contributed by atoms with van der Waals surface area (Å²) in [6.07, 6.45) is 4.54. The van der Waals surface area contributed by atoms with Crippen molar-refractivity contribution in [3.63, 3.8) is 0 Å². The third kappa shape index (κ3) is 3.68. The minimum atomic E-state index is -0.516. The predicted molar refractivity (Wildman–Crippen MR) is 71.6 cm³/mol. The first kappa shape index (κ1) is 13.3. The average Bonchev–Trinajstić information content (AvgIpc) is 2.50. The van der Waals surface area contributed by atoms with Gasteiger partial charge in [0.05, 0.1) is 5.60 Å². The summed E-state index contributed by atoms with van der Waals surface area (Å²) < 4.78 is 1.74. The Balaban J connectivity index is 1.87. The zero-order chi connectivity index (χ0) is 13.0. The molecular weight excluding hydrogens is 228 g/mol. The topological polar surface area (TPSA) is 45.5 Å². The van der Waals surface area contributed by atoms with Crippen LogP contribution in [0.3, 0.4) is 0 Å². The monoisotopic (exact) mass is 250 g/mol. The fourth-order valence-electron chi connectivity index (χ4n) is 2.44. The molecule has 0 amide bonds. The molecule has 0 radical (unpaired) electrons. The fourth-order valence-corrected chi connectivity index (χ4v) is 2.44. The molecule has 1 aliphatic heterocycles. The Kier molecular flexibility index (Phi) is 4.19. The van der Waals surface area contributed by atoms with Crippen LogP contribution in [-0.2, 0) is 6.54 Å². The molecule has 4 heteroatoms. The van der Waals surface area contributed by atoms with E-state index in [4.69, 9.17) is 0 Å². The van der Waals surface area contributed by atoms with E-state index in [-0.39, 0.29) is 5.56 Å². The maximum absolute atomic E-state index is 11.6. The van der Waals surface area contributed by atoms with Gasteiger partial charge in [-0.1, -0.05) is 6.07 Å². The number of hydrogen-bond donors (Lipinski definition) is 1. The molecule has 0 bridgehead atoms. The van der Waals surface area contributed by atoms with Crippen molar-refractivity contribution in [1.29, 1.82) is 0 Å². The molecule has 4 nitrogen and oxygen atoms in total. The van der Waals surface area contributed by atoms with Crippen LogP contribution in [0.25, 0.3) is 0 Å². The highest BCUT2D eigenvalue weighted by Gasteiger charge is 2.24. The fraction of sp³-hybridized carbons (Fsp3) is 0.643. The molecule has 1 N–H and O–H groups in total. The Bertz CT molecular complexity index is 439. The zero-order valence-corrected chi connectivity index (χ0v) is 11.0. The molecule has 1 unspecified atom stereocenters. The lowest BCUT2D eigenvalue weighted by molar-refractivity contribution is 0.0445. The van der Waals surface area contributed by atoms with Crippen molar-refractivity contribution in [3.8, 4) is 0 Å². The summed E-state index contributed by atoms with van der Waals surface area (Å²) in [6.45, 7) is 5.44. The van der Waals surface area contributed by atoms with E-state index in [1.165, 1.54) is 0 Å². The first-order valence-corrected chi connectivity index (χ1v) is 6.67.